The topological polar surface area (TPSA) is 37.8 Å². The number of thiophene rings is 1. The molecule has 0 bridgehead atoms. The molecule has 25 heavy (non-hydrogen) atoms. The van der Waals surface area contributed by atoms with E-state index < -0.39 is 0 Å². The zero-order valence-corrected chi connectivity index (χ0v) is 15.1. The van der Waals surface area contributed by atoms with Gasteiger partial charge < -0.3 is 5.32 Å². The van der Waals surface area contributed by atoms with E-state index in [2.05, 4.69) is 46.2 Å². The second-order valence-electron chi connectivity index (χ2n) is 7.18. The number of piperidine rings is 1. The summed E-state index contributed by atoms with van der Waals surface area (Å²) in [5.41, 5.74) is 8.73. The average molecular weight is 347 g/mol. The largest absolute Gasteiger partial charge is 0.316 e. The summed E-state index contributed by atoms with van der Waals surface area (Å²) in [6, 6.07) is 6.62. The highest BCUT2D eigenvalue weighted by molar-refractivity contribution is 7.08. The predicted molar refractivity (Wildman–Crippen MR) is 104 cm³/mol. The number of fused-ring (bicyclic) bond motifs is 1. The van der Waals surface area contributed by atoms with Gasteiger partial charge in [-0.25, -0.2) is 0 Å². The van der Waals surface area contributed by atoms with Gasteiger partial charge in [0.1, 0.15) is 0 Å². The van der Waals surface area contributed by atoms with Crippen LogP contribution in [-0.4, -0.2) is 23.1 Å². The lowest BCUT2D eigenvalue weighted by molar-refractivity contribution is 0.332. The Labute approximate surface area is 152 Å². The van der Waals surface area contributed by atoms with Gasteiger partial charge in [-0.3, -0.25) is 9.97 Å². The van der Waals surface area contributed by atoms with E-state index in [4.69, 9.17) is 4.98 Å². The van der Waals surface area contributed by atoms with Gasteiger partial charge in [0, 0.05) is 40.6 Å². The standard InChI is InChI=1S/C21H21N3S/c1-13(14-3-2-5-22-9-14)21-20(18-8-19(18)24-21)17-7-16(10-23-11-17)15-4-6-25-12-15/h4,6-8,10-14,22H,2-3,5,9H2,1H3. The molecule has 0 amide bonds. The SMILES string of the molecule is CC(c1nc2cc-2c1-c1cncc(-c2ccsc2)c1)C1CCCNC1. The lowest BCUT2D eigenvalue weighted by Crippen LogP contribution is -2.32. The Morgan fingerprint density at radius 3 is 2.92 bits per heavy atom. The lowest BCUT2D eigenvalue weighted by atomic mass is 9.83. The Morgan fingerprint density at radius 2 is 2.12 bits per heavy atom. The number of hydrogen-bond acceptors (Lipinski definition) is 4. The molecule has 4 heterocycles. The molecule has 0 radical (unpaired) electrons. The van der Waals surface area contributed by atoms with Gasteiger partial charge in [-0.2, -0.15) is 11.3 Å². The predicted octanol–water partition coefficient (Wildman–Crippen LogP) is 4.96. The Balaban J connectivity index is 1.53. The first-order valence-electron chi connectivity index (χ1n) is 9.05. The maximum absolute atomic E-state index is 4.94. The first kappa shape index (κ1) is 15.2. The van der Waals surface area contributed by atoms with Crippen molar-refractivity contribution in [3.63, 3.8) is 0 Å². The Morgan fingerprint density at radius 1 is 1.20 bits per heavy atom. The highest BCUT2D eigenvalue weighted by atomic mass is 32.1. The van der Waals surface area contributed by atoms with Crippen LogP contribution in [0.3, 0.4) is 0 Å². The van der Waals surface area contributed by atoms with E-state index in [-0.39, 0.29) is 0 Å². The number of pyridine rings is 2. The van der Waals surface area contributed by atoms with Crippen LogP contribution in [0.1, 0.15) is 31.4 Å². The Hall–Kier alpha value is -2.04. The average Bonchev–Trinajstić information content (AvgIpc) is 3.09. The van der Waals surface area contributed by atoms with Gasteiger partial charge in [-0.15, -0.1) is 0 Å². The van der Waals surface area contributed by atoms with Crippen molar-refractivity contribution in [2.45, 2.75) is 25.7 Å². The molecule has 5 rings (SSSR count). The van der Waals surface area contributed by atoms with Crippen molar-refractivity contribution in [2.75, 3.05) is 13.1 Å². The van der Waals surface area contributed by atoms with Crippen LogP contribution in [0.2, 0.25) is 0 Å². The van der Waals surface area contributed by atoms with Crippen LogP contribution < -0.4 is 5.32 Å². The summed E-state index contributed by atoms with van der Waals surface area (Å²) in [7, 11) is 0. The normalized spacial score (nSPS) is 19.6. The molecule has 126 valence electrons. The third kappa shape index (κ3) is 2.70. The van der Waals surface area contributed by atoms with E-state index in [1.165, 1.54) is 52.0 Å². The maximum Gasteiger partial charge on any atom is 0.0720 e. The summed E-state index contributed by atoms with van der Waals surface area (Å²) in [6.45, 7) is 4.61. The Kier molecular flexibility index (Phi) is 3.68. The molecule has 0 saturated carbocycles. The van der Waals surface area contributed by atoms with E-state index in [1.54, 1.807) is 11.3 Å². The fourth-order valence-electron chi connectivity index (χ4n) is 4.04. The molecule has 1 aliphatic carbocycles. The minimum atomic E-state index is 0.480. The highest BCUT2D eigenvalue weighted by Crippen LogP contribution is 2.48. The van der Waals surface area contributed by atoms with Gasteiger partial charge in [0.2, 0.25) is 0 Å². The summed E-state index contributed by atoms with van der Waals surface area (Å²) in [5.74, 6) is 1.16. The summed E-state index contributed by atoms with van der Waals surface area (Å²) >= 11 is 1.72. The first-order chi connectivity index (χ1) is 12.3. The summed E-state index contributed by atoms with van der Waals surface area (Å²) in [6.07, 6.45) is 6.51. The highest BCUT2D eigenvalue weighted by Gasteiger charge is 2.32. The van der Waals surface area contributed by atoms with E-state index in [1.807, 2.05) is 12.4 Å². The molecule has 4 heteroatoms. The van der Waals surface area contributed by atoms with Crippen molar-refractivity contribution in [1.82, 2.24) is 15.3 Å². The molecular formula is C21H21N3S. The zero-order chi connectivity index (χ0) is 16.8. The third-order valence-corrected chi connectivity index (χ3v) is 6.28. The number of nitrogens with one attached hydrogen (secondary N) is 1. The van der Waals surface area contributed by atoms with Crippen molar-refractivity contribution < 1.29 is 0 Å². The monoisotopic (exact) mass is 347 g/mol. The second-order valence-corrected chi connectivity index (χ2v) is 7.96. The molecule has 1 N–H and O–H groups in total. The molecule has 2 aromatic rings. The molecule has 0 aromatic carbocycles. The van der Waals surface area contributed by atoms with E-state index in [9.17, 15) is 0 Å². The molecule has 3 aliphatic rings. The van der Waals surface area contributed by atoms with E-state index >= 15 is 0 Å². The molecule has 0 spiro atoms. The smallest absolute Gasteiger partial charge is 0.0720 e. The number of rotatable bonds is 4. The van der Waals surface area contributed by atoms with Crippen LogP contribution >= 0.6 is 11.3 Å². The quantitative estimate of drug-likeness (QED) is 0.567. The number of aromatic nitrogens is 2. The fraction of sp³-hybridized carbons (Fsp3) is 0.333. The summed E-state index contributed by atoms with van der Waals surface area (Å²) in [4.78, 5) is 9.46. The molecule has 2 atom stereocenters. The minimum absolute atomic E-state index is 0.480. The van der Waals surface area contributed by atoms with Crippen LogP contribution in [0.25, 0.3) is 33.5 Å². The lowest BCUT2D eigenvalue weighted by Gasteiger charge is -2.28. The third-order valence-electron chi connectivity index (χ3n) is 5.59. The summed E-state index contributed by atoms with van der Waals surface area (Å²) in [5, 5.41) is 7.84. The van der Waals surface area contributed by atoms with Crippen molar-refractivity contribution in [2.24, 2.45) is 5.92 Å². The van der Waals surface area contributed by atoms with Crippen LogP contribution in [0.5, 0.6) is 0 Å². The molecule has 2 aromatic heterocycles. The van der Waals surface area contributed by atoms with Crippen LogP contribution in [0.4, 0.5) is 0 Å². The molecular weight excluding hydrogens is 326 g/mol. The fourth-order valence-corrected chi connectivity index (χ4v) is 4.71. The van der Waals surface area contributed by atoms with Crippen molar-refractivity contribution >= 4 is 11.3 Å². The van der Waals surface area contributed by atoms with Gasteiger partial charge in [0.05, 0.1) is 11.4 Å². The van der Waals surface area contributed by atoms with Crippen molar-refractivity contribution in [3.8, 4) is 33.5 Å². The van der Waals surface area contributed by atoms with Gasteiger partial charge in [-0.05, 0) is 66.4 Å². The van der Waals surface area contributed by atoms with Gasteiger partial charge in [0.15, 0.2) is 0 Å². The van der Waals surface area contributed by atoms with Gasteiger partial charge in [0.25, 0.3) is 0 Å². The second kappa shape index (κ2) is 6.04. The molecule has 1 fully saturated rings. The van der Waals surface area contributed by atoms with Gasteiger partial charge >= 0.3 is 0 Å². The first-order valence-corrected chi connectivity index (χ1v) is 9.99. The van der Waals surface area contributed by atoms with E-state index in [0.717, 1.165) is 13.1 Å². The zero-order valence-electron chi connectivity index (χ0n) is 14.3. The summed E-state index contributed by atoms with van der Waals surface area (Å²) < 4.78 is 0. The number of hydrogen-bond donors (Lipinski definition) is 1. The van der Waals surface area contributed by atoms with Crippen LogP contribution in [-0.2, 0) is 0 Å². The molecule has 2 aliphatic heterocycles. The number of nitrogens with zero attached hydrogens (tertiary/aromatic N) is 2. The van der Waals surface area contributed by atoms with Crippen LogP contribution in [0.15, 0.2) is 41.4 Å². The molecule has 3 nitrogen and oxygen atoms in total. The van der Waals surface area contributed by atoms with Crippen molar-refractivity contribution in [3.05, 3.63) is 47.0 Å². The Bertz CT molecular complexity index is 911. The maximum atomic E-state index is 4.94. The van der Waals surface area contributed by atoms with Crippen LogP contribution in [0, 0.1) is 5.92 Å². The van der Waals surface area contributed by atoms with Gasteiger partial charge in [-0.1, -0.05) is 6.92 Å². The van der Waals surface area contributed by atoms with E-state index in [0.29, 0.717) is 11.8 Å². The molecule has 1 saturated heterocycles. The van der Waals surface area contributed by atoms with Crippen molar-refractivity contribution in [1.29, 1.82) is 0 Å². The molecule has 2 unspecified atom stereocenters. The minimum Gasteiger partial charge on any atom is -0.316 e.